The molecule has 2 rings (SSSR count). The molecule has 0 aliphatic carbocycles. The molecule has 1 aliphatic rings. The van der Waals surface area contributed by atoms with E-state index in [-0.39, 0.29) is 30.5 Å². The van der Waals surface area contributed by atoms with Gasteiger partial charge in [0.25, 0.3) is 5.91 Å². The number of anilines is 1. The molecule has 0 aromatic heterocycles. The van der Waals surface area contributed by atoms with Crippen LogP contribution in [0.2, 0.25) is 0 Å². The quantitative estimate of drug-likeness (QED) is 0.761. The third kappa shape index (κ3) is 4.02. The summed E-state index contributed by atoms with van der Waals surface area (Å²) < 4.78 is 15.0. The first-order chi connectivity index (χ1) is 12.5. The Morgan fingerprint density at radius 2 is 1.85 bits per heavy atom. The van der Waals surface area contributed by atoms with E-state index in [4.69, 9.17) is 14.2 Å². The highest BCUT2D eigenvalue weighted by molar-refractivity contribution is 6.06. The minimum absolute atomic E-state index is 0.00124. The smallest absolute Gasteiger partial charge is 0.355 e. The van der Waals surface area contributed by atoms with Crippen molar-refractivity contribution < 1.29 is 28.6 Å². The van der Waals surface area contributed by atoms with Gasteiger partial charge >= 0.3 is 11.9 Å². The average Bonchev–Trinajstić information content (AvgIpc) is 2.70. The zero-order valence-corrected chi connectivity index (χ0v) is 15.0. The van der Waals surface area contributed by atoms with Gasteiger partial charge in [-0.15, -0.1) is 0 Å². The number of nitrogens with zero attached hydrogens (tertiary/aromatic N) is 1. The summed E-state index contributed by atoms with van der Waals surface area (Å²) in [6, 6.07) is 6.76. The molecular formula is C18H22N2O6. The predicted octanol–water partition coefficient (Wildman–Crippen LogP) is 1.22. The Bertz CT molecular complexity index is 728. The Labute approximate surface area is 151 Å². The van der Waals surface area contributed by atoms with Crippen LogP contribution in [-0.2, 0) is 23.8 Å². The van der Waals surface area contributed by atoms with Crippen molar-refractivity contribution in [2.24, 2.45) is 0 Å². The number of nitrogens with one attached hydrogen (secondary N) is 1. The fraction of sp³-hybridized carbons (Fsp3) is 0.389. The largest absolute Gasteiger partial charge is 0.466 e. The Kier molecular flexibility index (Phi) is 6.74. The second-order valence-corrected chi connectivity index (χ2v) is 5.49. The van der Waals surface area contributed by atoms with E-state index in [2.05, 4.69) is 5.32 Å². The van der Waals surface area contributed by atoms with Crippen molar-refractivity contribution in [2.75, 3.05) is 39.0 Å². The van der Waals surface area contributed by atoms with E-state index in [1.165, 1.54) is 19.1 Å². The van der Waals surface area contributed by atoms with Gasteiger partial charge in [-0.25, -0.2) is 9.59 Å². The number of hydrogen-bond acceptors (Lipinski definition) is 7. The van der Waals surface area contributed by atoms with Gasteiger partial charge < -0.3 is 24.4 Å². The lowest BCUT2D eigenvalue weighted by atomic mass is 10.1. The van der Waals surface area contributed by atoms with Crippen LogP contribution in [0.4, 0.5) is 5.69 Å². The lowest BCUT2D eigenvalue weighted by molar-refractivity contribution is -0.140. The highest BCUT2D eigenvalue weighted by atomic mass is 16.5. The van der Waals surface area contributed by atoms with Crippen molar-refractivity contribution in [3.8, 4) is 0 Å². The third-order valence-electron chi connectivity index (χ3n) is 3.81. The van der Waals surface area contributed by atoms with E-state index in [1.54, 1.807) is 24.3 Å². The van der Waals surface area contributed by atoms with Crippen LogP contribution < -0.4 is 10.2 Å². The molecular weight excluding hydrogens is 340 g/mol. The maximum atomic E-state index is 12.5. The molecule has 1 amide bonds. The van der Waals surface area contributed by atoms with Crippen LogP contribution in [-0.4, -0.2) is 51.9 Å². The van der Waals surface area contributed by atoms with Gasteiger partial charge in [-0.1, -0.05) is 19.1 Å². The van der Waals surface area contributed by atoms with Crippen LogP contribution in [0.3, 0.4) is 0 Å². The van der Waals surface area contributed by atoms with Gasteiger partial charge in [0.1, 0.15) is 12.4 Å². The minimum atomic E-state index is -0.711. The fourth-order valence-electron chi connectivity index (χ4n) is 2.57. The Morgan fingerprint density at radius 1 is 1.15 bits per heavy atom. The van der Waals surface area contributed by atoms with Gasteiger partial charge in [-0.05, 0) is 18.6 Å². The maximum Gasteiger partial charge on any atom is 0.355 e. The molecule has 0 spiro atoms. The van der Waals surface area contributed by atoms with Gasteiger partial charge in [0.2, 0.25) is 0 Å². The van der Waals surface area contributed by atoms with E-state index in [1.807, 2.05) is 6.92 Å². The lowest BCUT2D eigenvalue weighted by Crippen LogP contribution is -2.40. The molecule has 1 aliphatic heterocycles. The molecule has 8 heteroatoms. The molecule has 0 saturated heterocycles. The first kappa shape index (κ1) is 19.5. The molecule has 8 nitrogen and oxygen atoms in total. The van der Waals surface area contributed by atoms with Crippen LogP contribution in [0.5, 0.6) is 0 Å². The highest BCUT2D eigenvalue weighted by Crippen LogP contribution is 2.29. The Hall–Kier alpha value is -2.87. The molecule has 26 heavy (non-hydrogen) atoms. The molecule has 0 saturated carbocycles. The summed E-state index contributed by atoms with van der Waals surface area (Å²) in [5, 5.41) is 2.80. The molecule has 0 radical (unpaired) electrons. The number of benzene rings is 1. The summed E-state index contributed by atoms with van der Waals surface area (Å²) in [6.45, 7) is 2.38. The molecule has 0 unspecified atom stereocenters. The molecule has 0 atom stereocenters. The number of rotatable bonds is 6. The number of esters is 2. The van der Waals surface area contributed by atoms with E-state index < -0.39 is 11.9 Å². The zero-order valence-electron chi connectivity index (χ0n) is 15.0. The number of para-hydroxylation sites is 1. The minimum Gasteiger partial charge on any atom is -0.466 e. The van der Waals surface area contributed by atoms with Crippen LogP contribution in [0, 0.1) is 0 Å². The zero-order chi connectivity index (χ0) is 19.1. The second-order valence-electron chi connectivity index (χ2n) is 5.49. The van der Waals surface area contributed by atoms with Crippen molar-refractivity contribution >= 4 is 23.5 Å². The van der Waals surface area contributed by atoms with Gasteiger partial charge in [0, 0.05) is 6.54 Å². The molecule has 1 aromatic carbocycles. The Morgan fingerprint density at radius 3 is 2.50 bits per heavy atom. The standard InChI is InChI=1S/C18H22N2O6/c1-4-9-19-16(21)12-7-5-6-8-14(12)20-11-26-10-13(17(22)24-2)15(20)18(23)25-3/h5-8H,4,9-11H2,1-3H3,(H,19,21). The summed E-state index contributed by atoms with van der Waals surface area (Å²) in [5.41, 5.74) is 0.829. The average molecular weight is 362 g/mol. The second kappa shape index (κ2) is 9.00. The lowest BCUT2D eigenvalue weighted by Gasteiger charge is -2.32. The number of ether oxygens (including phenoxy) is 3. The first-order valence-electron chi connectivity index (χ1n) is 8.17. The maximum absolute atomic E-state index is 12.5. The summed E-state index contributed by atoms with van der Waals surface area (Å²) in [5.74, 6) is -1.68. The molecule has 1 N–H and O–H groups in total. The van der Waals surface area contributed by atoms with Gasteiger partial charge in [-0.2, -0.15) is 0 Å². The molecule has 0 fully saturated rings. The predicted molar refractivity (Wildman–Crippen MR) is 93.4 cm³/mol. The van der Waals surface area contributed by atoms with Gasteiger partial charge in [0.15, 0.2) is 0 Å². The van der Waals surface area contributed by atoms with Crippen LogP contribution in [0.25, 0.3) is 0 Å². The number of methoxy groups -OCH3 is 2. The van der Waals surface area contributed by atoms with Crippen molar-refractivity contribution in [2.45, 2.75) is 13.3 Å². The first-order valence-corrected chi connectivity index (χ1v) is 8.17. The summed E-state index contributed by atoms with van der Waals surface area (Å²) >= 11 is 0. The van der Waals surface area contributed by atoms with E-state index >= 15 is 0 Å². The summed E-state index contributed by atoms with van der Waals surface area (Å²) in [4.78, 5) is 38.3. The topological polar surface area (TPSA) is 94.2 Å². The number of carbonyl (C=O) groups excluding carboxylic acids is 3. The summed E-state index contributed by atoms with van der Waals surface area (Å²) in [7, 11) is 2.44. The number of carbonyl (C=O) groups is 3. The monoisotopic (exact) mass is 362 g/mol. The Balaban J connectivity index is 2.54. The fourth-order valence-corrected chi connectivity index (χ4v) is 2.57. The van der Waals surface area contributed by atoms with E-state index in [0.717, 1.165) is 6.42 Å². The van der Waals surface area contributed by atoms with Crippen molar-refractivity contribution in [1.29, 1.82) is 0 Å². The molecule has 1 aromatic rings. The molecule has 0 bridgehead atoms. The van der Waals surface area contributed by atoms with E-state index in [0.29, 0.717) is 17.8 Å². The van der Waals surface area contributed by atoms with Crippen LogP contribution in [0.15, 0.2) is 35.5 Å². The van der Waals surface area contributed by atoms with E-state index in [9.17, 15) is 14.4 Å². The van der Waals surface area contributed by atoms with Gasteiger partial charge in [0.05, 0.1) is 37.7 Å². The van der Waals surface area contributed by atoms with Gasteiger partial charge in [-0.3, -0.25) is 4.79 Å². The molecule has 140 valence electrons. The third-order valence-corrected chi connectivity index (χ3v) is 3.81. The SMILES string of the molecule is CCCNC(=O)c1ccccc1N1COCC(C(=O)OC)=C1C(=O)OC. The summed E-state index contributed by atoms with van der Waals surface area (Å²) in [6.07, 6.45) is 0.792. The van der Waals surface area contributed by atoms with Crippen molar-refractivity contribution in [3.05, 3.63) is 41.1 Å². The number of hydrogen-bond donors (Lipinski definition) is 1. The van der Waals surface area contributed by atoms with Crippen LogP contribution >= 0.6 is 0 Å². The van der Waals surface area contributed by atoms with Crippen molar-refractivity contribution in [1.82, 2.24) is 5.32 Å². The molecule has 1 heterocycles. The number of amides is 1. The normalized spacial score (nSPS) is 14.0. The highest BCUT2D eigenvalue weighted by Gasteiger charge is 2.33. The van der Waals surface area contributed by atoms with Crippen LogP contribution in [0.1, 0.15) is 23.7 Å². The van der Waals surface area contributed by atoms with Crippen molar-refractivity contribution in [3.63, 3.8) is 0 Å².